The highest BCUT2D eigenvalue weighted by Gasteiger charge is 2.23. The van der Waals surface area contributed by atoms with Gasteiger partial charge in [-0.25, -0.2) is 0 Å². The summed E-state index contributed by atoms with van der Waals surface area (Å²) in [6.45, 7) is 1.08. The lowest BCUT2D eigenvalue weighted by atomic mass is 10.1. The first-order valence-corrected chi connectivity index (χ1v) is 6.18. The molecular weight excluding hydrogens is 276 g/mol. The zero-order valence-corrected chi connectivity index (χ0v) is 12.2. The van der Waals surface area contributed by atoms with Crippen molar-refractivity contribution in [1.29, 1.82) is 0 Å². The molecule has 0 aliphatic heterocycles. The Morgan fingerprint density at radius 2 is 1.62 bits per heavy atom. The van der Waals surface area contributed by atoms with Gasteiger partial charge in [-0.1, -0.05) is 11.6 Å². The van der Waals surface area contributed by atoms with Gasteiger partial charge in [-0.05, 0) is 19.1 Å². The Bertz CT molecular complexity index is 538. The number of hydrogen-bond acceptors (Lipinski definition) is 6. The first kappa shape index (κ1) is 16.5. The first-order chi connectivity index (χ1) is 9.88. The second-order valence-corrected chi connectivity index (χ2v) is 4.40. The minimum Gasteiger partial charge on any atom is -0.468 e. The quantitative estimate of drug-likeness (QED) is 0.622. The fourth-order valence-corrected chi connectivity index (χ4v) is 1.67. The minimum atomic E-state index is -0.640. The van der Waals surface area contributed by atoms with Crippen molar-refractivity contribution in [2.24, 2.45) is 0 Å². The lowest BCUT2D eigenvalue weighted by Crippen LogP contribution is -2.40. The normalized spacial score (nSPS) is 9.86. The van der Waals surface area contributed by atoms with E-state index in [1.165, 1.54) is 14.2 Å². The molecule has 0 spiro atoms. The summed E-state index contributed by atoms with van der Waals surface area (Å²) >= 11 is 0. The number of hydrogen-bond donors (Lipinski definition) is 1. The molecule has 1 amide bonds. The SMILES string of the molecule is COC(=O)CN(CC(=O)OC)C(=O)c1cc(C)ccc1N. The van der Waals surface area contributed by atoms with Crippen LogP contribution in [0.5, 0.6) is 0 Å². The monoisotopic (exact) mass is 294 g/mol. The van der Waals surface area contributed by atoms with E-state index in [1.807, 2.05) is 0 Å². The number of ether oxygens (including phenoxy) is 2. The van der Waals surface area contributed by atoms with Gasteiger partial charge in [0.15, 0.2) is 0 Å². The summed E-state index contributed by atoms with van der Waals surface area (Å²) in [7, 11) is 2.40. The van der Waals surface area contributed by atoms with Crippen LogP contribution in [0.1, 0.15) is 15.9 Å². The van der Waals surface area contributed by atoms with E-state index in [4.69, 9.17) is 5.73 Å². The van der Waals surface area contributed by atoms with Crippen LogP contribution in [0.15, 0.2) is 18.2 Å². The van der Waals surface area contributed by atoms with E-state index in [0.717, 1.165) is 10.5 Å². The zero-order valence-electron chi connectivity index (χ0n) is 12.2. The number of nitrogens with zero attached hydrogens (tertiary/aromatic N) is 1. The van der Waals surface area contributed by atoms with Gasteiger partial charge in [0.2, 0.25) is 0 Å². The molecule has 2 N–H and O–H groups in total. The number of amides is 1. The molecule has 1 aromatic carbocycles. The summed E-state index contributed by atoms with van der Waals surface area (Å²) in [4.78, 5) is 36.2. The number of nitrogen functional groups attached to an aromatic ring is 1. The summed E-state index contributed by atoms with van der Waals surface area (Å²) < 4.78 is 9.04. The molecule has 0 saturated carbocycles. The van der Waals surface area contributed by atoms with Crippen molar-refractivity contribution in [2.75, 3.05) is 33.0 Å². The van der Waals surface area contributed by atoms with Gasteiger partial charge in [0, 0.05) is 5.69 Å². The summed E-state index contributed by atoms with van der Waals surface area (Å²) in [5.74, 6) is -1.82. The van der Waals surface area contributed by atoms with Crippen LogP contribution in [0, 0.1) is 6.92 Å². The van der Waals surface area contributed by atoms with Gasteiger partial charge in [-0.15, -0.1) is 0 Å². The molecule has 0 unspecified atom stereocenters. The van der Waals surface area contributed by atoms with Crippen molar-refractivity contribution in [2.45, 2.75) is 6.92 Å². The lowest BCUT2D eigenvalue weighted by Gasteiger charge is -2.21. The van der Waals surface area contributed by atoms with Gasteiger partial charge < -0.3 is 20.1 Å². The predicted molar refractivity (Wildman–Crippen MR) is 75.5 cm³/mol. The van der Waals surface area contributed by atoms with Crippen molar-refractivity contribution in [1.82, 2.24) is 4.90 Å². The number of carbonyl (C=O) groups is 3. The minimum absolute atomic E-state index is 0.225. The Morgan fingerprint density at radius 1 is 1.10 bits per heavy atom. The standard InChI is InChI=1S/C14H18N2O5/c1-9-4-5-11(15)10(6-9)14(19)16(7-12(17)20-2)8-13(18)21-3/h4-6H,7-8,15H2,1-3H3. The van der Waals surface area contributed by atoms with E-state index in [1.54, 1.807) is 25.1 Å². The summed E-state index contributed by atoms with van der Waals surface area (Å²) in [5, 5.41) is 0. The summed E-state index contributed by atoms with van der Waals surface area (Å²) in [5.41, 5.74) is 7.11. The maximum atomic E-state index is 12.5. The highest BCUT2D eigenvalue weighted by Crippen LogP contribution is 2.16. The predicted octanol–water partition coefficient (Wildman–Crippen LogP) is 0.365. The van der Waals surface area contributed by atoms with E-state index in [2.05, 4.69) is 9.47 Å². The summed E-state index contributed by atoms with van der Waals surface area (Å²) in [6.07, 6.45) is 0. The average Bonchev–Trinajstić information content (AvgIpc) is 2.47. The van der Waals surface area contributed by atoms with E-state index >= 15 is 0 Å². The Hall–Kier alpha value is -2.57. The van der Waals surface area contributed by atoms with Crippen molar-refractivity contribution in [3.8, 4) is 0 Å². The Balaban J connectivity index is 3.05. The van der Waals surface area contributed by atoms with Crippen molar-refractivity contribution < 1.29 is 23.9 Å². The molecule has 0 bridgehead atoms. The molecule has 114 valence electrons. The zero-order chi connectivity index (χ0) is 16.0. The number of carbonyl (C=O) groups excluding carboxylic acids is 3. The van der Waals surface area contributed by atoms with E-state index in [0.29, 0.717) is 0 Å². The third-order valence-electron chi connectivity index (χ3n) is 2.82. The van der Waals surface area contributed by atoms with E-state index in [9.17, 15) is 14.4 Å². The lowest BCUT2D eigenvalue weighted by molar-refractivity contribution is -0.144. The van der Waals surface area contributed by atoms with Crippen molar-refractivity contribution >= 4 is 23.5 Å². The number of benzene rings is 1. The third kappa shape index (κ3) is 4.48. The maximum absolute atomic E-state index is 12.5. The third-order valence-corrected chi connectivity index (χ3v) is 2.82. The number of nitrogens with two attached hydrogens (primary N) is 1. The number of anilines is 1. The number of methoxy groups -OCH3 is 2. The molecule has 0 aliphatic carbocycles. The Kier molecular flexibility index (Phi) is 5.71. The molecule has 7 nitrogen and oxygen atoms in total. The number of rotatable bonds is 5. The molecule has 1 aromatic rings. The van der Waals surface area contributed by atoms with Crippen LogP contribution in [-0.4, -0.2) is 50.1 Å². The van der Waals surface area contributed by atoms with E-state index < -0.39 is 17.8 Å². The van der Waals surface area contributed by atoms with E-state index in [-0.39, 0.29) is 24.3 Å². The van der Waals surface area contributed by atoms with Crippen molar-refractivity contribution in [3.05, 3.63) is 29.3 Å². The molecular formula is C14H18N2O5. The molecule has 7 heteroatoms. The first-order valence-electron chi connectivity index (χ1n) is 6.18. The second kappa shape index (κ2) is 7.28. The maximum Gasteiger partial charge on any atom is 0.325 e. The molecule has 0 fully saturated rings. The Labute approximate surface area is 122 Å². The largest absolute Gasteiger partial charge is 0.468 e. The molecule has 0 saturated heterocycles. The van der Waals surface area contributed by atoms with Crippen LogP contribution in [0.2, 0.25) is 0 Å². The van der Waals surface area contributed by atoms with Crippen molar-refractivity contribution in [3.63, 3.8) is 0 Å². The molecule has 21 heavy (non-hydrogen) atoms. The highest BCUT2D eigenvalue weighted by atomic mass is 16.5. The highest BCUT2D eigenvalue weighted by molar-refractivity contribution is 6.01. The average molecular weight is 294 g/mol. The van der Waals surface area contributed by atoms with Crippen LogP contribution in [-0.2, 0) is 19.1 Å². The number of aryl methyl sites for hydroxylation is 1. The second-order valence-electron chi connectivity index (χ2n) is 4.40. The molecule has 0 aromatic heterocycles. The van der Waals surface area contributed by atoms with Gasteiger partial charge in [0.25, 0.3) is 5.91 Å². The van der Waals surface area contributed by atoms with Crippen LogP contribution >= 0.6 is 0 Å². The molecule has 0 atom stereocenters. The van der Waals surface area contributed by atoms with Gasteiger partial charge in [0.1, 0.15) is 13.1 Å². The molecule has 0 radical (unpaired) electrons. The van der Waals surface area contributed by atoms with Crippen LogP contribution in [0.3, 0.4) is 0 Å². The van der Waals surface area contributed by atoms with Crippen LogP contribution in [0.4, 0.5) is 5.69 Å². The van der Waals surface area contributed by atoms with Gasteiger partial charge >= 0.3 is 11.9 Å². The topological polar surface area (TPSA) is 98.9 Å². The molecule has 0 aliphatic rings. The summed E-state index contributed by atoms with van der Waals surface area (Å²) in [6, 6.07) is 4.95. The van der Waals surface area contributed by atoms with Crippen LogP contribution in [0.25, 0.3) is 0 Å². The fraction of sp³-hybridized carbons (Fsp3) is 0.357. The van der Waals surface area contributed by atoms with Gasteiger partial charge in [-0.2, -0.15) is 0 Å². The fourth-order valence-electron chi connectivity index (χ4n) is 1.67. The van der Waals surface area contributed by atoms with Crippen LogP contribution < -0.4 is 5.73 Å². The molecule has 0 heterocycles. The van der Waals surface area contributed by atoms with Gasteiger partial charge in [-0.3, -0.25) is 14.4 Å². The number of esters is 2. The molecule has 1 rings (SSSR count). The Morgan fingerprint density at radius 3 is 2.10 bits per heavy atom. The smallest absolute Gasteiger partial charge is 0.325 e. The van der Waals surface area contributed by atoms with Gasteiger partial charge in [0.05, 0.1) is 19.8 Å².